The number of carboxylic acids is 1. The topological polar surface area (TPSA) is 37.3 Å². The first-order valence-corrected chi connectivity index (χ1v) is 6.90. The smallest absolute Gasteiger partial charge is 0.303 e. The minimum atomic E-state index is -0.850. The Morgan fingerprint density at radius 1 is 1.59 bits per heavy atom. The van der Waals surface area contributed by atoms with Gasteiger partial charge in [0.25, 0.3) is 0 Å². The maximum atomic E-state index is 13.9. The van der Waals surface area contributed by atoms with Crippen molar-refractivity contribution in [2.75, 3.05) is 6.26 Å². The highest BCUT2D eigenvalue weighted by Crippen LogP contribution is 2.47. The largest absolute Gasteiger partial charge is 0.481 e. The molecule has 0 aliphatic heterocycles. The first-order valence-electron chi connectivity index (χ1n) is 5.67. The van der Waals surface area contributed by atoms with Gasteiger partial charge in [-0.1, -0.05) is 6.07 Å². The molecule has 0 amide bonds. The lowest BCUT2D eigenvalue weighted by molar-refractivity contribution is -0.137. The number of hydrogen-bond acceptors (Lipinski definition) is 2. The second-order valence-electron chi connectivity index (χ2n) is 4.40. The normalized spacial score (nSPS) is 16.8. The minimum absolute atomic E-state index is 0.0269. The number of hydrogen-bond donors (Lipinski definition) is 1. The molecule has 4 heteroatoms. The van der Waals surface area contributed by atoms with Gasteiger partial charge >= 0.3 is 5.97 Å². The summed E-state index contributed by atoms with van der Waals surface area (Å²) in [6.07, 6.45) is 3.95. The average Bonchev–Trinajstić information content (AvgIpc) is 3.09. The van der Waals surface area contributed by atoms with Crippen molar-refractivity contribution in [2.24, 2.45) is 5.92 Å². The number of halogens is 1. The molecule has 0 spiro atoms. The van der Waals surface area contributed by atoms with Gasteiger partial charge in [0.05, 0.1) is 6.42 Å². The molecule has 1 aliphatic carbocycles. The Bertz CT molecular complexity index is 429. The summed E-state index contributed by atoms with van der Waals surface area (Å²) >= 11 is 1.48. The molecule has 17 heavy (non-hydrogen) atoms. The third-order valence-electron chi connectivity index (χ3n) is 3.19. The molecule has 1 unspecified atom stereocenters. The van der Waals surface area contributed by atoms with E-state index in [9.17, 15) is 9.18 Å². The van der Waals surface area contributed by atoms with Gasteiger partial charge in [-0.25, -0.2) is 4.39 Å². The lowest BCUT2D eigenvalue weighted by Gasteiger charge is -2.18. The number of thioether (sulfide) groups is 1. The van der Waals surface area contributed by atoms with Gasteiger partial charge in [-0.05, 0) is 37.1 Å². The average molecular weight is 254 g/mol. The molecule has 1 aromatic rings. The van der Waals surface area contributed by atoms with Crippen LogP contribution in [0.5, 0.6) is 0 Å². The van der Waals surface area contributed by atoms with Crippen LogP contribution in [0.25, 0.3) is 0 Å². The molecule has 1 atom stereocenters. The summed E-state index contributed by atoms with van der Waals surface area (Å²) in [5.74, 6) is -0.947. The van der Waals surface area contributed by atoms with E-state index in [0.717, 1.165) is 17.7 Å². The van der Waals surface area contributed by atoms with Crippen molar-refractivity contribution in [2.45, 2.75) is 30.1 Å². The molecule has 1 fully saturated rings. The van der Waals surface area contributed by atoms with E-state index in [1.165, 1.54) is 17.8 Å². The highest BCUT2D eigenvalue weighted by Gasteiger charge is 2.36. The second kappa shape index (κ2) is 5.08. The molecule has 1 saturated carbocycles. The Balaban J connectivity index is 2.37. The summed E-state index contributed by atoms with van der Waals surface area (Å²) in [5, 5.41) is 8.95. The van der Waals surface area contributed by atoms with Crippen molar-refractivity contribution in [3.63, 3.8) is 0 Å². The van der Waals surface area contributed by atoms with E-state index in [-0.39, 0.29) is 18.2 Å². The second-order valence-corrected chi connectivity index (χ2v) is 5.25. The van der Waals surface area contributed by atoms with Gasteiger partial charge in [0.15, 0.2) is 0 Å². The Kier molecular flexibility index (Phi) is 3.72. The van der Waals surface area contributed by atoms with E-state index in [1.807, 2.05) is 12.3 Å². The highest BCUT2D eigenvalue weighted by molar-refractivity contribution is 7.98. The summed E-state index contributed by atoms with van der Waals surface area (Å²) in [6.45, 7) is 0. The van der Waals surface area contributed by atoms with Crippen LogP contribution in [0.15, 0.2) is 23.1 Å². The maximum Gasteiger partial charge on any atom is 0.303 e. The van der Waals surface area contributed by atoms with Gasteiger partial charge in [0, 0.05) is 16.4 Å². The van der Waals surface area contributed by atoms with Gasteiger partial charge in [0.2, 0.25) is 0 Å². The first kappa shape index (κ1) is 12.4. The van der Waals surface area contributed by atoms with E-state index in [2.05, 4.69) is 0 Å². The Morgan fingerprint density at radius 3 is 2.82 bits per heavy atom. The fraction of sp³-hybridized carbons (Fsp3) is 0.462. The molecular formula is C13H15FO2S. The maximum absolute atomic E-state index is 13.9. The first-order chi connectivity index (χ1) is 8.13. The predicted molar refractivity (Wildman–Crippen MR) is 65.9 cm³/mol. The SMILES string of the molecule is CSc1cccc(F)c1C(CC(=O)O)C1CC1. The Morgan fingerprint density at radius 2 is 2.29 bits per heavy atom. The summed E-state index contributed by atoms with van der Waals surface area (Å²) < 4.78 is 13.9. The molecule has 2 nitrogen and oxygen atoms in total. The fourth-order valence-corrected chi connectivity index (χ4v) is 2.93. The van der Waals surface area contributed by atoms with Gasteiger partial charge in [0.1, 0.15) is 5.82 Å². The predicted octanol–water partition coefficient (Wildman–Crippen LogP) is 3.52. The molecule has 2 rings (SSSR count). The molecule has 0 saturated heterocycles. The van der Waals surface area contributed by atoms with Crippen LogP contribution in [0.4, 0.5) is 4.39 Å². The summed E-state index contributed by atoms with van der Waals surface area (Å²) in [6, 6.07) is 4.96. The molecule has 1 aromatic carbocycles. The summed E-state index contributed by atoms with van der Waals surface area (Å²) in [4.78, 5) is 11.8. The van der Waals surface area contributed by atoms with E-state index in [4.69, 9.17) is 5.11 Å². The van der Waals surface area contributed by atoms with Crippen molar-refractivity contribution in [3.8, 4) is 0 Å². The van der Waals surface area contributed by atoms with Gasteiger partial charge in [-0.15, -0.1) is 11.8 Å². The third kappa shape index (κ3) is 2.80. The monoisotopic (exact) mass is 254 g/mol. The lowest BCUT2D eigenvalue weighted by Crippen LogP contribution is -2.11. The lowest BCUT2D eigenvalue weighted by atomic mass is 9.90. The highest BCUT2D eigenvalue weighted by atomic mass is 32.2. The van der Waals surface area contributed by atoms with Crippen LogP contribution in [-0.4, -0.2) is 17.3 Å². The van der Waals surface area contributed by atoms with Crippen molar-refractivity contribution in [3.05, 3.63) is 29.6 Å². The number of benzene rings is 1. The fourth-order valence-electron chi connectivity index (χ4n) is 2.25. The van der Waals surface area contributed by atoms with Crippen molar-refractivity contribution in [1.82, 2.24) is 0 Å². The van der Waals surface area contributed by atoms with E-state index in [0.29, 0.717) is 11.5 Å². The molecule has 1 N–H and O–H groups in total. The molecule has 0 aromatic heterocycles. The zero-order valence-electron chi connectivity index (χ0n) is 9.65. The molecule has 1 aliphatic rings. The number of carbonyl (C=O) groups is 1. The molecule has 0 bridgehead atoms. The summed E-state index contributed by atoms with van der Waals surface area (Å²) in [5.41, 5.74) is 0.602. The number of rotatable bonds is 5. The van der Waals surface area contributed by atoms with Crippen molar-refractivity contribution >= 4 is 17.7 Å². The zero-order valence-corrected chi connectivity index (χ0v) is 10.5. The van der Waals surface area contributed by atoms with E-state index < -0.39 is 5.97 Å². The van der Waals surface area contributed by atoms with Crippen molar-refractivity contribution in [1.29, 1.82) is 0 Å². The van der Waals surface area contributed by atoms with Crippen LogP contribution in [0.1, 0.15) is 30.7 Å². The molecule has 92 valence electrons. The van der Waals surface area contributed by atoms with Gasteiger partial charge in [-0.2, -0.15) is 0 Å². The molecule has 0 radical (unpaired) electrons. The van der Waals surface area contributed by atoms with E-state index in [1.54, 1.807) is 6.07 Å². The Labute approximate surface area is 104 Å². The van der Waals surface area contributed by atoms with Crippen LogP contribution >= 0.6 is 11.8 Å². The standard InChI is InChI=1S/C13H15FO2S/c1-17-11-4-2-3-10(14)13(11)9(7-12(15)16)8-5-6-8/h2-4,8-9H,5-7H2,1H3,(H,15,16). The van der Waals surface area contributed by atoms with Gasteiger partial charge < -0.3 is 5.11 Å². The number of aliphatic carboxylic acids is 1. The van der Waals surface area contributed by atoms with Crippen molar-refractivity contribution < 1.29 is 14.3 Å². The molecular weight excluding hydrogens is 239 g/mol. The van der Waals surface area contributed by atoms with E-state index >= 15 is 0 Å². The van der Waals surface area contributed by atoms with Crippen LogP contribution in [0.3, 0.4) is 0 Å². The van der Waals surface area contributed by atoms with Crippen LogP contribution in [0.2, 0.25) is 0 Å². The Hall–Kier alpha value is -1.03. The van der Waals surface area contributed by atoms with Crippen LogP contribution < -0.4 is 0 Å². The zero-order chi connectivity index (χ0) is 12.4. The third-order valence-corrected chi connectivity index (χ3v) is 3.99. The minimum Gasteiger partial charge on any atom is -0.481 e. The van der Waals surface area contributed by atoms with Crippen LogP contribution in [-0.2, 0) is 4.79 Å². The quantitative estimate of drug-likeness (QED) is 0.817. The molecule has 0 heterocycles. The number of carboxylic acid groups (broad SMARTS) is 1. The summed E-state index contributed by atoms with van der Waals surface area (Å²) in [7, 11) is 0. The van der Waals surface area contributed by atoms with Crippen LogP contribution in [0, 0.1) is 11.7 Å². The van der Waals surface area contributed by atoms with Gasteiger partial charge in [-0.3, -0.25) is 4.79 Å².